The van der Waals surface area contributed by atoms with Gasteiger partial charge in [0.05, 0.1) is 63.3 Å². The lowest BCUT2D eigenvalue weighted by molar-refractivity contribution is -0.118. The van der Waals surface area contributed by atoms with E-state index in [0.29, 0.717) is 24.3 Å². The fraction of sp³-hybridized carbons (Fsp3) is 0.364. The van der Waals surface area contributed by atoms with Gasteiger partial charge >= 0.3 is 0 Å². The lowest BCUT2D eigenvalue weighted by Gasteiger charge is -2.31. The Morgan fingerprint density at radius 1 is 1.04 bits per heavy atom. The molecule has 0 spiro atoms. The Morgan fingerprint density at radius 3 is 2.57 bits per heavy atom. The highest BCUT2D eigenvalue weighted by Gasteiger charge is 2.40. The molecule has 244 valence electrons. The summed E-state index contributed by atoms with van der Waals surface area (Å²) in [5, 5.41) is 7.86. The summed E-state index contributed by atoms with van der Waals surface area (Å²) in [4.78, 5) is 58.6. The highest BCUT2D eigenvalue weighted by Crippen LogP contribution is 2.29. The Labute approximate surface area is 274 Å². The van der Waals surface area contributed by atoms with Crippen molar-refractivity contribution in [2.75, 3.05) is 30.7 Å². The average Bonchev–Trinajstić information content (AvgIpc) is 3.68. The van der Waals surface area contributed by atoms with Crippen LogP contribution in [0, 0.1) is 0 Å². The van der Waals surface area contributed by atoms with E-state index in [2.05, 4.69) is 15.4 Å². The molecule has 2 aliphatic rings. The van der Waals surface area contributed by atoms with Gasteiger partial charge in [-0.05, 0) is 62.4 Å². The molecule has 14 heteroatoms. The summed E-state index contributed by atoms with van der Waals surface area (Å²) in [7, 11) is -1.07. The smallest absolute Gasteiger partial charge is 0.262 e. The van der Waals surface area contributed by atoms with Gasteiger partial charge in [0.1, 0.15) is 6.29 Å². The van der Waals surface area contributed by atoms with E-state index in [0.717, 1.165) is 66.0 Å². The highest BCUT2D eigenvalue weighted by molar-refractivity contribution is 7.82. The molecular weight excluding hydrogens is 620 g/mol. The summed E-state index contributed by atoms with van der Waals surface area (Å²) >= 11 is 0. The van der Waals surface area contributed by atoms with Gasteiger partial charge in [0.2, 0.25) is 5.91 Å². The van der Waals surface area contributed by atoms with Crippen molar-refractivity contribution in [1.29, 1.82) is 0 Å². The van der Waals surface area contributed by atoms with Gasteiger partial charge in [-0.1, -0.05) is 12.1 Å². The first-order valence-electron chi connectivity index (χ1n) is 15.7. The monoisotopic (exact) mass is 656 g/mol. The molecule has 2 aromatic heterocycles. The molecule has 0 bridgehead atoms. The minimum Gasteiger partial charge on any atom is -0.385 e. The van der Waals surface area contributed by atoms with E-state index in [1.54, 1.807) is 24.4 Å². The predicted molar refractivity (Wildman–Crippen MR) is 177 cm³/mol. The van der Waals surface area contributed by atoms with Crippen LogP contribution in [0.4, 0.5) is 5.69 Å². The van der Waals surface area contributed by atoms with E-state index in [4.69, 9.17) is 10.7 Å². The number of aromatic nitrogens is 4. The fourth-order valence-corrected chi connectivity index (χ4v) is 7.34. The Morgan fingerprint density at radius 2 is 1.81 bits per heavy atom. The van der Waals surface area contributed by atoms with Crippen molar-refractivity contribution in [2.45, 2.75) is 50.6 Å². The molecule has 2 unspecified atom stereocenters. The van der Waals surface area contributed by atoms with Crippen molar-refractivity contribution < 1.29 is 23.4 Å². The first kappa shape index (κ1) is 32.1. The van der Waals surface area contributed by atoms with E-state index in [9.17, 15) is 23.4 Å². The number of fused-ring (bicyclic) bond motifs is 2. The second kappa shape index (κ2) is 14.3. The van der Waals surface area contributed by atoms with Crippen LogP contribution in [0.3, 0.4) is 0 Å². The van der Waals surface area contributed by atoms with Crippen LogP contribution < -0.4 is 11.1 Å². The zero-order valence-corrected chi connectivity index (χ0v) is 26.6. The number of nitrogens with zero attached hydrogens (tertiary/aromatic N) is 6. The zero-order chi connectivity index (χ0) is 32.9. The quantitative estimate of drug-likeness (QED) is 0.117. The standard InChI is InChI=1S/C33H36N8O5S/c34-31(43)10-8-25(21-42)41-32(44)26-9-7-23(17-27(26)33(41)45)35-13-3-4-16-47(46)39-14-11-24(12-15-39)40-20-22(18-37-40)30-19-36-28-5-1-2-6-29(28)38-30/h1-2,5-7,9,17-21,24-25,35H,3-4,8,10-16H2,(H2,34,43). The van der Waals surface area contributed by atoms with Crippen LogP contribution in [0.25, 0.3) is 22.3 Å². The molecule has 3 N–H and O–H groups in total. The van der Waals surface area contributed by atoms with E-state index in [-0.39, 0.29) is 30.0 Å². The molecule has 47 heavy (non-hydrogen) atoms. The number of primary amides is 1. The molecule has 3 amide bonds. The Bertz CT molecular complexity index is 1840. The van der Waals surface area contributed by atoms with Gasteiger partial charge in [-0.2, -0.15) is 5.10 Å². The molecule has 6 rings (SSSR count). The number of hydrogen-bond donors (Lipinski definition) is 2. The van der Waals surface area contributed by atoms with Gasteiger partial charge in [-0.3, -0.25) is 28.9 Å². The largest absolute Gasteiger partial charge is 0.385 e. The third kappa shape index (κ3) is 7.13. The third-order valence-corrected chi connectivity index (χ3v) is 10.2. The molecule has 0 aliphatic carbocycles. The number of carbonyl (C=O) groups is 4. The van der Waals surface area contributed by atoms with Crippen molar-refractivity contribution >= 4 is 51.7 Å². The highest BCUT2D eigenvalue weighted by atomic mass is 32.2. The van der Waals surface area contributed by atoms with Crippen LogP contribution in [-0.2, 0) is 20.6 Å². The maximum Gasteiger partial charge on any atom is 0.262 e. The van der Waals surface area contributed by atoms with Crippen molar-refractivity contribution in [3.05, 3.63) is 72.2 Å². The number of piperidine rings is 1. The number of aldehydes is 1. The van der Waals surface area contributed by atoms with Crippen LogP contribution in [-0.4, -0.2) is 88.6 Å². The third-order valence-electron chi connectivity index (χ3n) is 8.60. The van der Waals surface area contributed by atoms with Crippen LogP contribution in [0.2, 0.25) is 0 Å². The van der Waals surface area contributed by atoms with Gasteiger partial charge in [0.25, 0.3) is 11.8 Å². The minimum atomic E-state index is -1.07. The molecule has 2 atom stereocenters. The summed E-state index contributed by atoms with van der Waals surface area (Å²) in [6, 6.07) is 11.8. The second-order valence-corrected chi connectivity index (χ2v) is 13.3. The normalized spacial score (nSPS) is 16.7. The summed E-state index contributed by atoms with van der Waals surface area (Å²) in [5.41, 5.74) is 9.68. The van der Waals surface area contributed by atoms with E-state index >= 15 is 0 Å². The predicted octanol–water partition coefficient (Wildman–Crippen LogP) is 3.12. The van der Waals surface area contributed by atoms with Gasteiger partial charge < -0.3 is 15.8 Å². The van der Waals surface area contributed by atoms with Gasteiger partial charge in [-0.25, -0.2) is 13.5 Å². The van der Waals surface area contributed by atoms with Crippen molar-refractivity contribution in [2.24, 2.45) is 5.73 Å². The fourth-order valence-electron chi connectivity index (χ4n) is 6.01. The molecule has 13 nitrogen and oxygen atoms in total. The topological polar surface area (TPSA) is 173 Å². The number of amides is 3. The number of hydrogen-bond acceptors (Lipinski definition) is 9. The van der Waals surface area contributed by atoms with Crippen LogP contribution in [0.5, 0.6) is 0 Å². The van der Waals surface area contributed by atoms with E-state index < -0.39 is 34.7 Å². The number of anilines is 1. The van der Waals surface area contributed by atoms with Crippen molar-refractivity contribution in [3.8, 4) is 11.3 Å². The maximum absolute atomic E-state index is 13.0. The molecule has 4 heterocycles. The van der Waals surface area contributed by atoms with Crippen LogP contribution >= 0.6 is 0 Å². The van der Waals surface area contributed by atoms with E-state index in [1.165, 1.54) is 0 Å². The Hall–Kier alpha value is -4.82. The van der Waals surface area contributed by atoms with Crippen molar-refractivity contribution in [1.82, 2.24) is 29.0 Å². The molecule has 1 saturated heterocycles. The number of para-hydroxylation sites is 2. The Balaban J connectivity index is 0.930. The minimum absolute atomic E-state index is 0.0112. The van der Waals surface area contributed by atoms with E-state index in [1.807, 2.05) is 45.6 Å². The number of carbonyl (C=O) groups excluding carboxylic acids is 4. The molecule has 0 radical (unpaired) electrons. The van der Waals surface area contributed by atoms with Gasteiger partial charge in [0, 0.05) is 49.3 Å². The first-order valence-corrected chi connectivity index (χ1v) is 17.0. The summed E-state index contributed by atoms with van der Waals surface area (Å²) in [6.45, 7) is 2.06. The maximum atomic E-state index is 13.0. The molecular formula is C33H36N8O5S. The number of unbranched alkanes of at least 4 members (excludes halogenated alkanes) is 1. The molecule has 1 fully saturated rings. The summed E-state index contributed by atoms with van der Waals surface area (Å²) < 4.78 is 17.0. The molecule has 2 aliphatic heterocycles. The second-order valence-electron chi connectivity index (χ2n) is 11.7. The number of nitrogens with two attached hydrogens (primary N) is 1. The SMILES string of the molecule is NC(=O)CCC(C=O)N1C(=O)c2ccc(NCCCCS(=O)N3CCC(n4cc(-c5cnc6ccccc6n5)cn4)CC3)cc2C1=O. The average molecular weight is 657 g/mol. The van der Waals surface area contributed by atoms with Gasteiger partial charge in [-0.15, -0.1) is 0 Å². The first-order chi connectivity index (χ1) is 22.8. The lowest BCUT2D eigenvalue weighted by atomic mass is 10.1. The lowest BCUT2D eigenvalue weighted by Crippen LogP contribution is -2.41. The van der Waals surface area contributed by atoms with Crippen LogP contribution in [0.15, 0.2) is 61.1 Å². The summed E-state index contributed by atoms with van der Waals surface area (Å²) in [6.07, 6.45) is 9.22. The number of benzene rings is 2. The molecule has 4 aromatic rings. The number of nitrogens with one attached hydrogen (secondary N) is 1. The Kier molecular flexibility index (Phi) is 9.78. The van der Waals surface area contributed by atoms with Crippen LogP contribution in [0.1, 0.15) is 65.3 Å². The zero-order valence-electron chi connectivity index (χ0n) is 25.8. The summed E-state index contributed by atoms with van der Waals surface area (Å²) in [5.74, 6) is -1.18. The van der Waals surface area contributed by atoms with Gasteiger partial charge in [0.15, 0.2) is 0 Å². The number of rotatable bonds is 14. The molecule has 2 aromatic carbocycles. The molecule has 0 saturated carbocycles. The number of imide groups is 1. The van der Waals surface area contributed by atoms with Crippen molar-refractivity contribution in [3.63, 3.8) is 0 Å².